The van der Waals surface area contributed by atoms with Crippen LogP contribution in [0.1, 0.15) is 29.6 Å². The molecule has 1 heterocycles. The van der Waals surface area contributed by atoms with E-state index in [1.165, 1.54) is 53.4 Å². The lowest BCUT2D eigenvalue weighted by Gasteiger charge is -2.19. The number of benzene rings is 2. The van der Waals surface area contributed by atoms with Crippen molar-refractivity contribution in [2.45, 2.75) is 19.3 Å². The topological polar surface area (TPSA) is 136 Å². The second-order valence-electron chi connectivity index (χ2n) is 8.88. The largest absolute Gasteiger partial charge is 0.452 e. The molecule has 3 amide bonds. The van der Waals surface area contributed by atoms with Gasteiger partial charge < -0.3 is 10.1 Å². The number of anilines is 2. The Bertz CT molecular complexity index is 1180. The number of nitro benzene ring substituents is 1. The number of fused-ring (bicyclic) bond motifs is 5. The second kappa shape index (κ2) is 8.36. The number of carbonyl (C=O) groups is 4. The lowest BCUT2D eigenvalue weighted by molar-refractivity contribution is -0.384. The minimum atomic E-state index is -0.755. The van der Waals surface area contributed by atoms with Gasteiger partial charge in [0.25, 0.3) is 11.6 Å². The van der Waals surface area contributed by atoms with Crippen molar-refractivity contribution < 1.29 is 28.8 Å². The smallest absolute Gasteiger partial charge is 0.338 e. The second-order valence-corrected chi connectivity index (χ2v) is 8.88. The molecular weight excluding hydrogens is 442 g/mol. The van der Waals surface area contributed by atoms with Crippen LogP contribution in [0, 0.1) is 33.8 Å². The molecule has 10 heteroatoms. The molecule has 2 aliphatic carbocycles. The lowest BCUT2D eigenvalue weighted by atomic mass is 9.81. The summed E-state index contributed by atoms with van der Waals surface area (Å²) in [6.07, 6.45) is 2.95. The average molecular weight is 463 g/mol. The molecule has 34 heavy (non-hydrogen) atoms. The number of nitrogens with one attached hydrogen (secondary N) is 1. The number of carbonyl (C=O) groups excluding carboxylic acids is 4. The Labute approximate surface area is 194 Å². The van der Waals surface area contributed by atoms with Crippen LogP contribution in [0.25, 0.3) is 0 Å². The van der Waals surface area contributed by atoms with E-state index in [0.717, 1.165) is 19.3 Å². The first-order valence-corrected chi connectivity index (χ1v) is 11.0. The first-order chi connectivity index (χ1) is 16.3. The number of rotatable bonds is 6. The number of non-ortho nitro benzene ring substituents is 1. The number of nitro groups is 1. The highest BCUT2D eigenvalue weighted by Gasteiger charge is 2.61. The molecule has 3 aliphatic rings. The number of hydrogen-bond acceptors (Lipinski definition) is 7. The minimum Gasteiger partial charge on any atom is -0.452 e. The Kier molecular flexibility index (Phi) is 5.35. The SMILES string of the molecule is O=C(COC(=O)c1ccc(N2C(=O)[C@H]3[C@H]4CC[C@@H](C4)[C@@H]3C2=O)cc1)Nc1cccc([N+](=O)[O-])c1. The molecule has 10 nitrogen and oxygen atoms in total. The van der Waals surface area contributed by atoms with E-state index in [-0.39, 0.29) is 40.6 Å². The van der Waals surface area contributed by atoms with Crippen LogP contribution in [0.3, 0.4) is 0 Å². The Hall–Kier alpha value is -4.08. The van der Waals surface area contributed by atoms with Crippen LogP contribution in [0.15, 0.2) is 48.5 Å². The lowest BCUT2D eigenvalue weighted by Crippen LogP contribution is -2.32. The Morgan fingerprint density at radius 2 is 1.68 bits per heavy atom. The van der Waals surface area contributed by atoms with E-state index in [1.54, 1.807) is 0 Å². The summed E-state index contributed by atoms with van der Waals surface area (Å²) in [5.74, 6) is -1.58. The molecule has 2 bridgehead atoms. The van der Waals surface area contributed by atoms with Gasteiger partial charge in [-0.15, -0.1) is 0 Å². The standard InChI is InChI=1S/C24H21N3O7/c28-19(25-16-2-1-3-18(11-16)27(32)33)12-34-24(31)13-6-8-17(9-7-13)26-22(29)20-14-4-5-15(10-14)21(20)23(26)30/h1-3,6-9,11,14-15,20-21H,4-5,10,12H2,(H,25,28)/t14-,15-,20-,21-/m0/s1. The summed E-state index contributed by atoms with van der Waals surface area (Å²) in [6, 6.07) is 11.3. The van der Waals surface area contributed by atoms with Gasteiger partial charge in [-0.2, -0.15) is 0 Å². The third-order valence-corrected chi connectivity index (χ3v) is 6.96. The van der Waals surface area contributed by atoms with E-state index in [1.807, 2.05) is 0 Å². The maximum atomic E-state index is 12.9. The molecule has 1 N–H and O–H groups in total. The fraction of sp³-hybridized carbons (Fsp3) is 0.333. The molecular formula is C24H21N3O7. The molecule has 174 valence electrons. The molecule has 2 aromatic carbocycles. The maximum absolute atomic E-state index is 12.9. The summed E-state index contributed by atoms with van der Waals surface area (Å²) in [5, 5.41) is 13.2. The van der Waals surface area contributed by atoms with Crippen LogP contribution in [-0.2, 0) is 19.1 Å². The Morgan fingerprint density at radius 3 is 2.29 bits per heavy atom. The first kappa shape index (κ1) is 21.7. The predicted molar refractivity (Wildman–Crippen MR) is 119 cm³/mol. The molecule has 2 saturated carbocycles. The van der Waals surface area contributed by atoms with Gasteiger partial charge in [0.2, 0.25) is 11.8 Å². The third kappa shape index (κ3) is 3.70. The highest BCUT2D eigenvalue weighted by Crippen LogP contribution is 2.56. The molecule has 4 atom stereocenters. The minimum absolute atomic E-state index is 0.157. The summed E-state index contributed by atoms with van der Waals surface area (Å²) in [7, 11) is 0. The quantitative estimate of drug-likeness (QED) is 0.301. The van der Waals surface area contributed by atoms with Crippen LogP contribution < -0.4 is 10.2 Å². The first-order valence-electron chi connectivity index (χ1n) is 11.0. The van der Waals surface area contributed by atoms with Crippen LogP contribution in [-0.4, -0.2) is 35.2 Å². The van der Waals surface area contributed by atoms with Crippen molar-refractivity contribution in [3.8, 4) is 0 Å². The number of imide groups is 1. The summed E-state index contributed by atoms with van der Waals surface area (Å²) < 4.78 is 5.01. The van der Waals surface area contributed by atoms with Crippen molar-refractivity contribution in [3.05, 3.63) is 64.2 Å². The van der Waals surface area contributed by atoms with Gasteiger partial charge in [-0.3, -0.25) is 29.4 Å². The highest BCUT2D eigenvalue weighted by atomic mass is 16.6. The fourth-order valence-electron chi connectivity index (χ4n) is 5.52. The molecule has 1 aliphatic heterocycles. The predicted octanol–water partition coefficient (Wildman–Crippen LogP) is 2.93. The van der Waals surface area contributed by atoms with Gasteiger partial charge in [0.1, 0.15) is 0 Å². The number of nitrogens with zero attached hydrogens (tertiary/aromatic N) is 2. The molecule has 0 unspecified atom stereocenters. The zero-order valence-electron chi connectivity index (χ0n) is 18.0. The Morgan fingerprint density at radius 1 is 1.03 bits per heavy atom. The zero-order valence-corrected chi connectivity index (χ0v) is 18.0. The average Bonchev–Trinajstić information content (AvgIpc) is 3.51. The van der Waals surface area contributed by atoms with Crippen molar-refractivity contribution >= 4 is 40.8 Å². The third-order valence-electron chi connectivity index (χ3n) is 6.96. The van der Waals surface area contributed by atoms with Crippen LogP contribution in [0.5, 0.6) is 0 Å². The molecule has 5 rings (SSSR count). The van der Waals surface area contributed by atoms with Gasteiger partial charge in [0.15, 0.2) is 6.61 Å². The molecule has 0 spiro atoms. The van der Waals surface area contributed by atoms with E-state index in [4.69, 9.17) is 4.74 Å². The van der Waals surface area contributed by atoms with Crippen molar-refractivity contribution in [1.82, 2.24) is 0 Å². The van der Waals surface area contributed by atoms with Gasteiger partial charge in [-0.05, 0) is 61.4 Å². The van der Waals surface area contributed by atoms with E-state index in [0.29, 0.717) is 17.5 Å². The summed E-state index contributed by atoms with van der Waals surface area (Å²) in [4.78, 5) is 61.7. The van der Waals surface area contributed by atoms with E-state index >= 15 is 0 Å². The molecule has 0 aromatic heterocycles. The summed E-state index contributed by atoms with van der Waals surface area (Å²) in [6.45, 7) is -0.585. The van der Waals surface area contributed by atoms with E-state index in [2.05, 4.69) is 5.32 Å². The number of hydrogen-bond donors (Lipinski definition) is 1. The molecule has 0 radical (unpaired) electrons. The van der Waals surface area contributed by atoms with E-state index in [9.17, 15) is 29.3 Å². The van der Waals surface area contributed by atoms with Crippen molar-refractivity contribution in [1.29, 1.82) is 0 Å². The number of esters is 1. The van der Waals surface area contributed by atoms with Crippen molar-refractivity contribution in [2.24, 2.45) is 23.7 Å². The summed E-state index contributed by atoms with van der Waals surface area (Å²) >= 11 is 0. The van der Waals surface area contributed by atoms with Gasteiger partial charge in [-0.25, -0.2) is 4.79 Å². The van der Waals surface area contributed by atoms with E-state index < -0.39 is 23.4 Å². The molecule has 2 aromatic rings. The van der Waals surface area contributed by atoms with Gasteiger partial charge in [-0.1, -0.05) is 6.07 Å². The molecule has 1 saturated heterocycles. The van der Waals surface area contributed by atoms with Gasteiger partial charge >= 0.3 is 5.97 Å². The zero-order chi connectivity index (χ0) is 24.0. The van der Waals surface area contributed by atoms with Gasteiger partial charge in [0, 0.05) is 17.8 Å². The van der Waals surface area contributed by atoms with Crippen LogP contribution in [0.2, 0.25) is 0 Å². The van der Waals surface area contributed by atoms with Crippen LogP contribution in [0.4, 0.5) is 17.1 Å². The summed E-state index contributed by atoms with van der Waals surface area (Å²) in [5.41, 5.74) is 0.605. The molecule has 3 fully saturated rings. The van der Waals surface area contributed by atoms with Crippen LogP contribution >= 0.6 is 0 Å². The van der Waals surface area contributed by atoms with Crippen molar-refractivity contribution in [2.75, 3.05) is 16.8 Å². The van der Waals surface area contributed by atoms with Gasteiger partial charge in [0.05, 0.1) is 28.0 Å². The number of amides is 3. The Balaban J connectivity index is 1.19. The number of ether oxygens (including phenoxy) is 1. The normalized spacial score (nSPS) is 24.8. The van der Waals surface area contributed by atoms with Crippen molar-refractivity contribution in [3.63, 3.8) is 0 Å². The highest BCUT2D eigenvalue weighted by molar-refractivity contribution is 6.22. The monoisotopic (exact) mass is 463 g/mol. The fourth-order valence-corrected chi connectivity index (χ4v) is 5.52. The maximum Gasteiger partial charge on any atom is 0.338 e.